The fraction of sp³-hybridized carbons (Fsp3) is 0.545. The van der Waals surface area contributed by atoms with Crippen molar-refractivity contribution in [2.75, 3.05) is 17.7 Å². The summed E-state index contributed by atoms with van der Waals surface area (Å²) < 4.78 is 6.95. The number of aromatic nitrogens is 6. The predicted molar refractivity (Wildman–Crippen MR) is 71.2 cm³/mol. The van der Waals surface area contributed by atoms with Crippen LogP contribution in [0.4, 0.5) is 11.9 Å². The summed E-state index contributed by atoms with van der Waals surface area (Å²) in [6, 6.07) is 0.268. The molecule has 2 atom stereocenters. The first-order valence-electron chi connectivity index (χ1n) is 6.45. The van der Waals surface area contributed by atoms with E-state index in [9.17, 15) is 0 Å². The van der Waals surface area contributed by atoms with Gasteiger partial charge in [-0.3, -0.25) is 0 Å². The van der Waals surface area contributed by atoms with Crippen molar-refractivity contribution in [3.63, 3.8) is 0 Å². The van der Waals surface area contributed by atoms with Gasteiger partial charge in [-0.25, -0.2) is 4.98 Å². The van der Waals surface area contributed by atoms with Gasteiger partial charge in [0.05, 0.1) is 6.10 Å². The molecule has 1 aliphatic heterocycles. The molecule has 2 aromatic rings. The molecule has 1 fully saturated rings. The van der Waals surface area contributed by atoms with Crippen molar-refractivity contribution in [2.24, 2.45) is 0 Å². The Bertz CT molecular complexity index is 572. The topological polar surface area (TPSA) is 117 Å². The van der Waals surface area contributed by atoms with E-state index >= 15 is 0 Å². The summed E-state index contributed by atoms with van der Waals surface area (Å²) in [6.07, 6.45) is 4.97. The normalized spacial score (nSPS) is 22.6. The maximum absolute atomic E-state index is 5.71. The third-order valence-corrected chi connectivity index (χ3v) is 3.08. The summed E-state index contributed by atoms with van der Waals surface area (Å²) in [7, 11) is 0. The van der Waals surface area contributed by atoms with Crippen LogP contribution in [0.2, 0.25) is 0 Å². The molecule has 9 heteroatoms. The Morgan fingerprint density at radius 2 is 2.30 bits per heavy atom. The van der Waals surface area contributed by atoms with Gasteiger partial charge in [0.2, 0.25) is 11.9 Å². The average Bonchev–Trinajstić information content (AvgIpc) is 2.91. The van der Waals surface area contributed by atoms with Gasteiger partial charge in [0.15, 0.2) is 0 Å². The first-order chi connectivity index (χ1) is 9.70. The summed E-state index contributed by atoms with van der Waals surface area (Å²) in [6.45, 7) is 2.78. The molecule has 2 unspecified atom stereocenters. The van der Waals surface area contributed by atoms with Gasteiger partial charge in [-0.1, -0.05) is 0 Å². The molecule has 106 valence electrons. The minimum atomic E-state index is 0.146. The summed E-state index contributed by atoms with van der Waals surface area (Å²) >= 11 is 0. The largest absolute Gasteiger partial charge is 0.378 e. The Morgan fingerprint density at radius 1 is 1.40 bits per heavy atom. The van der Waals surface area contributed by atoms with Gasteiger partial charge in [0.1, 0.15) is 12.7 Å². The summed E-state index contributed by atoms with van der Waals surface area (Å²) in [4.78, 5) is 16.3. The lowest BCUT2D eigenvalue weighted by molar-refractivity contribution is 0.0231. The zero-order chi connectivity index (χ0) is 13.9. The Morgan fingerprint density at radius 3 is 3.05 bits per heavy atom. The minimum absolute atomic E-state index is 0.146. The van der Waals surface area contributed by atoms with Crippen LogP contribution in [-0.2, 0) is 4.74 Å². The van der Waals surface area contributed by atoms with Gasteiger partial charge < -0.3 is 15.8 Å². The fourth-order valence-electron chi connectivity index (χ4n) is 2.17. The van der Waals surface area contributed by atoms with Gasteiger partial charge in [0, 0.05) is 12.6 Å². The number of rotatable bonds is 3. The second kappa shape index (κ2) is 5.37. The Balaban J connectivity index is 1.79. The second-order valence-corrected chi connectivity index (χ2v) is 4.70. The molecule has 0 aliphatic carbocycles. The third-order valence-electron chi connectivity index (χ3n) is 3.08. The van der Waals surface area contributed by atoms with E-state index in [1.165, 1.54) is 17.3 Å². The number of anilines is 2. The van der Waals surface area contributed by atoms with Gasteiger partial charge in [-0.15, -0.1) is 0 Å². The van der Waals surface area contributed by atoms with Gasteiger partial charge in [-0.2, -0.15) is 24.7 Å². The fourth-order valence-corrected chi connectivity index (χ4v) is 2.17. The molecule has 0 amide bonds. The van der Waals surface area contributed by atoms with E-state index in [-0.39, 0.29) is 18.1 Å². The van der Waals surface area contributed by atoms with Gasteiger partial charge in [-0.05, 0) is 19.8 Å². The van der Waals surface area contributed by atoms with Crippen molar-refractivity contribution in [1.82, 2.24) is 29.7 Å². The number of hydrogen-bond donors (Lipinski definition) is 2. The summed E-state index contributed by atoms with van der Waals surface area (Å²) in [5.41, 5.74) is 5.71. The number of nitrogens with two attached hydrogens (primary N) is 1. The first-order valence-corrected chi connectivity index (χ1v) is 6.45. The Labute approximate surface area is 115 Å². The van der Waals surface area contributed by atoms with Crippen LogP contribution in [0.5, 0.6) is 0 Å². The molecule has 3 N–H and O–H groups in total. The lowest BCUT2D eigenvalue weighted by Crippen LogP contribution is -2.33. The molecular formula is C11H16N8O. The van der Waals surface area contributed by atoms with Crippen LogP contribution in [0.25, 0.3) is 5.95 Å². The molecule has 1 saturated heterocycles. The lowest BCUT2D eigenvalue weighted by atomic mass is 10.0. The van der Waals surface area contributed by atoms with Crippen LogP contribution in [0.15, 0.2) is 12.7 Å². The standard InChI is InChI=1S/C11H16N8O/c1-7-4-8(2-3-20-7)15-10-16-9(12)17-11(18-10)19-6-13-5-14-19/h5-8H,2-4H2,1H3,(H3,12,15,16,17,18). The van der Waals surface area contributed by atoms with E-state index in [0.717, 1.165) is 19.4 Å². The highest BCUT2D eigenvalue weighted by Gasteiger charge is 2.20. The van der Waals surface area contributed by atoms with Gasteiger partial charge >= 0.3 is 0 Å². The average molecular weight is 276 g/mol. The van der Waals surface area contributed by atoms with Crippen molar-refractivity contribution in [3.8, 4) is 5.95 Å². The van der Waals surface area contributed by atoms with E-state index in [0.29, 0.717) is 11.9 Å². The molecule has 0 spiro atoms. The van der Waals surface area contributed by atoms with E-state index in [1.807, 2.05) is 0 Å². The van der Waals surface area contributed by atoms with Gasteiger partial charge in [0.25, 0.3) is 5.95 Å². The first kappa shape index (κ1) is 12.7. The molecular weight excluding hydrogens is 260 g/mol. The summed E-state index contributed by atoms with van der Waals surface area (Å²) in [5, 5.41) is 7.25. The number of nitrogens with one attached hydrogen (secondary N) is 1. The van der Waals surface area contributed by atoms with Crippen molar-refractivity contribution in [2.45, 2.75) is 31.9 Å². The molecule has 0 aromatic carbocycles. The second-order valence-electron chi connectivity index (χ2n) is 4.70. The highest BCUT2D eigenvalue weighted by Crippen LogP contribution is 2.17. The zero-order valence-electron chi connectivity index (χ0n) is 11.1. The van der Waals surface area contributed by atoms with E-state index in [1.54, 1.807) is 0 Å². The van der Waals surface area contributed by atoms with Crippen LogP contribution in [0.3, 0.4) is 0 Å². The molecule has 0 bridgehead atoms. The lowest BCUT2D eigenvalue weighted by Gasteiger charge is -2.27. The van der Waals surface area contributed by atoms with Crippen molar-refractivity contribution >= 4 is 11.9 Å². The van der Waals surface area contributed by atoms with Crippen LogP contribution in [-0.4, -0.2) is 48.5 Å². The Hall–Kier alpha value is -2.29. The Kier molecular flexibility index (Phi) is 3.42. The predicted octanol–water partition coefficient (Wildman–Crippen LogP) is 0.0139. The van der Waals surface area contributed by atoms with Crippen LogP contribution >= 0.6 is 0 Å². The molecule has 2 aromatic heterocycles. The number of ether oxygens (including phenoxy) is 1. The molecule has 3 rings (SSSR count). The third kappa shape index (κ3) is 2.82. The number of hydrogen-bond acceptors (Lipinski definition) is 8. The van der Waals surface area contributed by atoms with Crippen LogP contribution in [0.1, 0.15) is 19.8 Å². The molecule has 0 saturated carbocycles. The van der Waals surface area contributed by atoms with Crippen molar-refractivity contribution < 1.29 is 4.74 Å². The van der Waals surface area contributed by atoms with E-state index in [2.05, 4.69) is 37.3 Å². The zero-order valence-corrected chi connectivity index (χ0v) is 11.1. The molecule has 20 heavy (non-hydrogen) atoms. The van der Waals surface area contributed by atoms with Crippen molar-refractivity contribution in [3.05, 3.63) is 12.7 Å². The van der Waals surface area contributed by atoms with Crippen LogP contribution in [0, 0.1) is 0 Å². The van der Waals surface area contributed by atoms with E-state index < -0.39 is 0 Å². The highest BCUT2D eigenvalue weighted by atomic mass is 16.5. The molecule has 9 nitrogen and oxygen atoms in total. The summed E-state index contributed by atoms with van der Waals surface area (Å²) in [5.74, 6) is 0.938. The maximum Gasteiger partial charge on any atom is 0.258 e. The molecule has 3 heterocycles. The van der Waals surface area contributed by atoms with Crippen LogP contribution < -0.4 is 11.1 Å². The number of nitrogen functional groups attached to an aromatic ring is 1. The van der Waals surface area contributed by atoms with Crippen molar-refractivity contribution in [1.29, 1.82) is 0 Å². The quantitative estimate of drug-likeness (QED) is 0.805. The number of nitrogens with zero attached hydrogens (tertiary/aromatic N) is 6. The SMILES string of the molecule is CC1CC(Nc2nc(N)nc(-n3cncn3)n2)CCO1. The van der Waals surface area contributed by atoms with E-state index in [4.69, 9.17) is 10.5 Å². The molecule has 1 aliphatic rings. The smallest absolute Gasteiger partial charge is 0.258 e. The highest BCUT2D eigenvalue weighted by molar-refractivity contribution is 5.35. The maximum atomic E-state index is 5.71. The monoisotopic (exact) mass is 276 g/mol. The minimum Gasteiger partial charge on any atom is -0.378 e. The molecule has 0 radical (unpaired) electrons.